The van der Waals surface area contributed by atoms with Gasteiger partial charge in [-0.05, 0) is 30.4 Å². The molecule has 1 heterocycles. The summed E-state index contributed by atoms with van der Waals surface area (Å²) in [5, 5.41) is -0.517. The molecule has 0 aromatic carbocycles. The van der Waals surface area contributed by atoms with Gasteiger partial charge in [0, 0.05) is 12.6 Å². The lowest BCUT2D eigenvalue weighted by molar-refractivity contribution is 0.196. The maximum Gasteiger partial charge on any atom is 0.316 e. The molecule has 2 aliphatic rings. The molecule has 2 rings (SSSR count). The Hall–Kier alpha value is -0.290. The van der Waals surface area contributed by atoms with Gasteiger partial charge < -0.3 is 4.90 Å². The van der Waals surface area contributed by atoms with Crippen molar-refractivity contribution in [3.63, 3.8) is 0 Å². The van der Waals surface area contributed by atoms with E-state index < -0.39 is 15.2 Å². The highest BCUT2D eigenvalue weighted by Crippen LogP contribution is 2.37. The Balaban J connectivity index is 2.16. The minimum absolute atomic E-state index is 0.0503. The first-order valence-corrected chi connectivity index (χ1v) is 6.86. The molecule has 1 atom stereocenters. The molecule has 1 amide bonds. The number of carbonyl (C=O) groups excluding carboxylic acids is 1. The monoisotopic (exact) mass is 237 g/mol. The first kappa shape index (κ1) is 10.2. The molecule has 1 aliphatic carbocycles. The largest absolute Gasteiger partial charge is 0.324 e. The first-order chi connectivity index (χ1) is 6.49. The maximum atomic E-state index is 11.4. The molecule has 1 unspecified atom stereocenters. The lowest BCUT2D eigenvalue weighted by Crippen LogP contribution is -2.50. The van der Waals surface area contributed by atoms with Crippen LogP contribution in [0, 0.1) is 5.92 Å². The third-order valence-corrected chi connectivity index (χ3v) is 4.73. The molecule has 0 radical (unpaired) electrons. The summed E-state index contributed by atoms with van der Waals surface area (Å²) in [6.07, 6.45) is 2.03. The lowest BCUT2D eigenvalue weighted by Gasteiger charge is -2.33. The summed E-state index contributed by atoms with van der Waals surface area (Å²) in [7, 11) is -2.96. The number of halogens is 1. The van der Waals surface area contributed by atoms with Crippen LogP contribution in [-0.4, -0.2) is 42.8 Å². The van der Waals surface area contributed by atoms with E-state index in [2.05, 4.69) is 0 Å². The fourth-order valence-electron chi connectivity index (χ4n) is 1.93. The summed E-state index contributed by atoms with van der Waals surface area (Å²) in [6, 6.07) is -0.168. The Bertz CT molecular complexity index is 350. The minimum Gasteiger partial charge on any atom is -0.324 e. The summed E-state index contributed by atoms with van der Waals surface area (Å²) in [6.45, 7) is 0.256. The highest BCUT2D eigenvalue weighted by atomic mass is 35.5. The summed E-state index contributed by atoms with van der Waals surface area (Å²) in [5.74, 6) is 0.498. The van der Waals surface area contributed by atoms with Gasteiger partial charge in [0.05, 0.1) is 11.5 Å². The molecule has 0 bridgehead atoms. The standard InChI is InChI=1S/C8H12ClNO3S/c9-8(11)10-3-4-14(12,13)5-7(10)6-1-2-6/h6-7H,1-5H2. The van der Waals surface area contributed by atoms with Crippen LogP contribution in [0.3, 0.4) is 0 Å². The van der Waals surface area contributed by atoms with Crippen molar-refractivity contribution in [2.45, 2.75) is 18.9 Å². The Labute approximate surface area is 88.1 Å². The van der Waals surface area contributed by atoms with Gasteiger partial charge in [0.15, 0.2) is 9.84 Å². The normalized spacial score (nSPS) is 31.5. The summed E-state index contributed by atoms with van der Waals surface area (Å²) < 4.78 is 22.8. The fourth-order valence-corrected chi connectivity index (χ4v) is 3.75. The van der Waals surface area contributed by atoms with Gasteiger partial charge in [-0.3, -0.25) is 4.79 Å². The molecule has 0 N–H and O–H groups in total. The van der Waals surface area contributed by atoms with Crippen LogP contribution < -0.4 is 0 Å². The average Bonchev–Trinajstić information content (AvgIpc) is 2.83. The van der Waals surface area contributed by atoms with Crippen molar-refractivity contribution in [2.24, 2.45) is 5.92 Å². The number of carbonyl (C=O) groups is 1. The molecule has 1 saturated heterocycles. The third kappa shape index (κ3) is 2.03. The van der Waals surface area contributed by atoms with E-state index in [4.69, 9.17) is 11.6 Å². The van der Waals surface area contributed by atoms with E-state index in [-0.39, 0.29) is 24.1 Å². The van der Waals surface area contributed by atoms with Crippen LogP contribution in [0.5, 0.6) is 0 Å². The second-order valence-electron chi connectivity index (χ2n) is 3.97. The van der Waals surface area contributed by atoms with Crippen molar-refractivity contribution in [3.8, 4) is 0 Å². The number of hydrogen-bond acceptors (Lipinski definition) is 3. The van der Waals surface area contributed by atoms with Crippen LogP contribution in [0.4, 0.5) is 4.79 Å². The Kier molecular flexibility index (Phi) is 2.47. The third-order valence-electron chi connectivity index (χ3n) is 2.86. The molecular formula is C8H12ClNO3S. The van der Waals surface area contributed by atoms with Gasteiger partial charge in [-0.2, -0.15) is 0 Å². The van der Waals surface area contributed by atoms with Crippen molar-refractivity contribution in [1.82, 2.24) is 4.90 Å². The number of hydrogen-bond donors (Lipinski definition) is 0. The Morgan fingerprint density at radius 3 is 2.50 bits per heavy atom. The quantitative estimate of drug-likeness (QED) is 0.502. The zero-order valence-corrected chi connectivity index (χ0v) is 9.22. The van der Waals surface area contributed by atoms with Crippen LogP contribution in [0.2, 0.25) is 0 Å². The Morgan fingerprint density at radius 1 is 1.36 bits per heavy atom. The van der Waals surface area contributed by atoms with E-state index in [0.717, 1.165) is 12.8 Å². The van der Waals surface area contributed by atoms with E-state index in [1.165, 1.54) is 4.90 Å². The predicted molar refractivity (Wildman–Crippen MR) is 53.1 cm³/mol. The summed E-state index contributed by atoms with van der Waals surface area (Å²) >= 11 is 5.41. The van der Waals surface area contributed by atoms with Crippen molar-refractivity contribution in [2.75, 3.05) is 18.1 Å². The molecule has 6 heteroatoms. The van der Waals surface area contributed by atoms with Crippen molar-refractivity contribution >= 4 is 26.8 Å². The smallest absolute Gasteiger partial charge is 0.316 e. The molecule has 0 aromatic rings. The van der Waals surface area contributed by atoms with Crippen LogP contribution >= 0.6 is 11.6 Å². The zero-order chi connectivity index (χ0) is 10.3. The molecule has 0 spiro atoms. The molecular weight excluding hydrogens is 226 g/mol. The maximum absolute atomic E-state index is 11.4. The lowest BCUT2D eigenvalue weighted by atomic mass is 10.2. The van der Waals surface area contributed by atoms with Crippen LogP contribution in [-0.2, 0) is 9.84 Å². The van der Waals surface area contributed by atoms with Crippen LogP contribution in [0.25, 0.3) is 0 Å². The van der Waals surface area contributed by atoms with Gasteiger partial charge in [0.25, 0.3) is 0 Å². The molecule has 4 nitrogen and oxygen atoms in total. The molecule has 2 fully saturated rings. The Morgan fingerprint density at radius 2 is 2.00 bits per heavy atom. The van der Waals surface area contributed by atoms with Crippen molar-refractivity contribution in [1.29, 1.82) is 0 Å². The minimum atomic E-state index is -2.96. The first-order valence-electron chi connectivity index (χ1n) is 4.66. The van der Waals surface area contributed by atoms with Gasteiger partial charge >= 0.3 is 5.37 Å². The zero-order valence-electron chi connectivity index (χ0n) is 7.65. The number of sulfone groups is 1. The molecule has 80 valence electrons. The second-order valence-corrected chi connectivity index (χ2v) is 6.52. The number of amides is 1. The molecule has 0 aromatic heterocycles. The van der Waals surface area contributed by atoms with Crippen LogP contribution in [0.15, 0.2) is 0 Å². The van der Waals surface area contributed by atoms with Crippen molar-refractivity contribution < 1.29 is 13.2 Å². The average molecular weight is 238 g/mol. The van der Waals surface area contributed by atoms with Crippen molar-refractivity contribution in [3.05, 3.63) is 0 Å². The summed E-state index contributed by atoms with van der Waals surface area (Å²) in [5.41, 5.74) is 0. The molecule has 14 heavy (non-hydrogen) atoms. The second kappa shape index (κ2) is 3.38. The fraction of sp³-hybridized carbons (Fsp3) is 0.875. The van der Waals surface area contributed by atoms with E-state index in [1.807, 2.05) is 0 Å². The van der Waals surface area contributed by atoms with Gasteiger partial charge in [-0.1, -0.05) is 0 Å². The van der Waals surface area contributed by atoms with E-state index in [9.17, 15) is 13.2 Å². The van der Waals surface area contributed by atoms with Gasteiger partial charge in [-0.15, -0.1) is 0 Å². The topological polar surface area (TPSA) is 54.5 Å². The van der Waals surface area contributed by atoms with E-state index in [1.54, 1.807) is 0 Å². The van der Waals surface area contributed by atoms with E-state index >= 15 is 0 Å². The number of rotatable bonds is 1. The SMILES string of the molecule is O=C(Cl)N1CCS(=O)(=O)CC1C1CC1. The highest BCUT2D eigenvalue weighted by molar-refractivity contribution is 7.91. The highest BCUT2D eigenvalue weighted by Gasteiger charge is 2.42. The summed E-state index contributed by atoms with van der Waals surface area (Å²) in [4.78, 5) is 12.5. The van der Waals surface area contributed by atoms with E-state index in [0.29, 0.717) is 5.92 Å². The van der Waals surface area contributed by atoms with Gasteiger partial charge in [-0.25, -0.2) is 8.42 Å². The van der Waals surface area contributed by atoms with Gasteiger partial charge in [0.1, 0.15) is 0 Å². The van der Waals surface area contributed by atoms with Gasteiger partial charge in [0.2, 0.25) is 0 Å². The molecule has 1 aliphatic heterocycles. The number of nitrogens with zero attached hydrogens (tertiary/aromatic N) is 1. The molecule has 1 saturated carbocycles. The predicted octanol–water partition coefficient (Wildman–Crippen LogP) is 0.854. The van der Waals surface area contributed by atoms with Crippen LogP contribution in [0.1, 0.15) is 12.8 Å².